The van der Waals surface area contributed by atoms with E-state index in [0.717, 1.165) is 5.56 Å². The van der Waals surface area contributed by atoms with Crippen molar-refractivity contribution in [2.75, 3.05) is 4.90 Å². The molecule has 0 spiro atoms. The zero-order valence-electron chi connectivity index (χ0n) is 17.0. The van der Waals surface area contributed by atoms with Gasteiger partial charge in [-0.25, -0.2) is 0 Å². The molecular weight excluding hydrogens is 380 g/mol. The van der Waals surface area contributed by atoms with Crippen molar-refractivity contribution in [3.63, 3.8) is 0 Å². The van der Waals surface area contributed by atoms with Gasteiger partial charge >= 0.3 is 0 Å². The highest BCUT2D eigenvalue weighted by Crippen LogP contribution is 2.42. The number of Topliss-reactive ketones (excluding diaryl/α,β-unsaturated/α-hetero) is 1. The normalized spacial score (nSPS) is 17.0. The second-order valence-electron chi connectivity index (χ2n) is 8.22. The molecule has 2 aromatic heterocycles. The van der Waals surface area contributed by atoms with Crippen LogP contribution in [0.25, 0.3) is 0 Å². The summed E-state index contributed by atoms with van der Waals surface area (Å²) >= 11 is 0. The summed E-state index contributed by atoms with van der Waals surface area (Å²) in [5, 5.41) is 10.7. The first-order valence-electron chi connectivity index (χ1n) is 9.64. The van der Waals surface area contributed by atoms with E-state index in [9.17, 15) is 14.7 Å². The Bertz CT molecular complexity index is 1110. The summed E-state index contributed by atoms with van der Waals surface area (Å²) in [5.41, 5.74) is 2.31. The number of aromatic nitrogens is 1. The molecule has 3 aromatic rings. The van der Waals surface area contributed by atoms with Crippen LogP contribution < -0.4 is 4.90 Å². The summed E-state index contributed by atoms with van der Waals surface area (Å²) in [6.07, 6.45) is 4.56. The van der Waals surface area contributed by atoms with E-state index >= 15 is 0 Å². The Morgan fingerprint density at radius 1 is 1.07 bits per heavy atom. The third-order valence-electron chi connectivity index (χ3n) is 5.23. The maximum atomic E-state index is 13.1. The molecule has 0 saturated heterocycles. The lowest BCUT2D eigenvalue weighted by atomic mass is 9.87. The number of carbonyl (C=O) groups excluding carboxylic acids is 2. The summed E-state index contributed by atoms with van der Waals surface area (Å²) in [7, 11) is 0. The number of hydrogen-bond donors (Lipinski definition) is 1. The lowest BCUT2D eigenvalue weighted by molar-refractivity contribution is -0.117. The molecule has 1 N–H and O–H groups in total. The van der Waals surface area contributed by atoms with E-state index < -0.39 is 23.5 Å². The number of aliphatic hydroxyl groups excluding tert-OH is 1. The standard InChI is InChI=1S/C24H22N2O4/c1-24(2,3)16-6-8-17(9-7-16)26-20(15-10-12-25-13-11-15)19(22(28)23(26)29)21(27)18-5-4-14-30-18/h4-14,20,28H,1-3H3. The zero-order chi connectivity index (χ0) is 21.5. The van der Waals surface area contributed by atoms with Crippen molar-refractivity contribution in [3.05, 3.63) is 95.4 Å². The van der Waals surface area contributed by atoms with Crippen LogP contribution in [-0.2, 0) is 10.2 Å². The first kappa shape index (κ1) is 19.6. The number of pyridine rings is 1. The number of hydrogen-bond acceptors (Lipinski definition) is 5. The SMILES string of the molecule is CC(C)(C)c1ccc(N2C(=O)C(O)=C(C(=O)c3ccco3)C2c2ccncc2)cc1. The molecule has 0 fully saturated rings. The lowest BCUT2D eigenvalue weighted by Crippen LogP contribution is -2.31. The van der Waals surface area contributed by atoms with Gasteiger partial charge in [-0.05, 0) is 52.9 Å². The van der Waals surface area contributed by atoms with Gasteiger partial charge in [-0.3, -0.25) is 19.5 Å². The molecule has 0 radical (unpaired) electrons. The summed E-state index contributed by atoms with van der Waals surface area (Å²) in [5.74, 6) is -1.66. The molecule has 30 heavy (non-hydrogen) atoms. The number of ketones is 1. The minimum Gasteiger partial charge on any atom is -0.503 e. The van der Waals surface area contributed by atoms with E-state index in [2.05, 4.69) is 25.8 Å². The van der Waals surface area contributed by atoms with E-state index in [0.29, 0.717) is 11.3 Å². The van der Waals surface area contributed by atoms with Gasteiger partial charge in [-0.15, -0.1) is 0 Å². The number of carbonyl (C=O) groups is 2. The maximum absolute atomic E-state index is 13.1. The van der Waals surface area contributed by atoms with E-state index in [1.54, 1.807) is 30.6 Å². The third kappa shape index (κ3) is 3.30. The van der Waals surface area contributed by atoms with E-state index in [1.165, 1.54) is 17.2 Å². The fourth-order valence-corrected chi connectivity index (χ4v) is 3.63. The molecule has 152 valence electrons. The molecule has 0 aliphatic carbocycles. The molecule has 0 saturated carbocycles. The molecule has 0 bridgehead atoms. The summed E-state index contributed by atoms with van der Waals surface area (Å²) in [4.78, 5) is 31.6. The Morgan fingerprint density at radius 2 is 1.73 bits per heavy atom. The first-order valence-corrected chi connectivity index (χ1v) is 9.64. The number of rotatable bonds is 4. The van der Waals surface area contributed by atoms with Crippen LogP contribution in [0.2, 0.25) is 0 Å². The van der Waals surface area contributed by atoms with Crippen molar-refractivity contribution in [3.8, 4) is 0 Å². The molecule has 1 aliphatic heterocycles. The molecule has 1 aromatic carbocycles. The van der Waals surface area contributed by atoms with Crippen LogP contribution in [-0.4, -0.2) is 21.8 Å². The van der Waals surface area contributed by atoms with Crippen LogP contribution in [0.15, 0.2) is 82.9 Å². The van der Waals surface area contributed by atoms with Gasteiger partial charge in [0, 0.05) is 18.1 Å². The number of aliphatic hydroxyl groups is 1. The fourth-order valence-electron chi connectivity index (χ4n) is 3.63. The van der Waals surface area contributed by atoms with Crippen LogP contribution in [0.4, 0.5) is 5.69 Å². The van der Waals surface area contributed by atoms with Crippen molar-refractivity contribution < 1.29 is 19.1 Å². The Hall–Kier alpha value is -3.67. The van der Waals surface area contributed by atoms with Gasteiger partial charge in [0.15, 0.2) is 11.5 Å². The molecule has 6 nitrogen and oxygen atoms in total. The first-order chi connectivity index (χ1) is 14.3. The third-order valence-corrected chi connectivity index (χ3v) is 5.23. The zero-order valence-corrected chi connectivity index (χ0v) is 17.0. The van der Waals surface area contributed by atoms with Crippen molar-refractivity contribution in [1.29, 1.82) is 0 Å². The van der Waals surface area contributed by atoms with Gasteiger partial charge in [-0.2, -0.15) is 0 Å². The molecule has 1 atom stereocenters. The monoisotopic (exact) mass is 402 g/mol. The molecule has 3 heterocycles. The highest BCUT2D eigenvalue weighted by atomic mass is 16.3. The number of nitrogens with zero attached hydrogens (tertiary/aromatic N) is 2. The highest BCUT2D eigenvalue weighted by Gasteiger charge is 2.45. The second-order valence-corrected chi connectivity index (χ2v) is 8.22. The molecular formula is C24H22N2O4. The van der Waals surface area contributed by atoms with Gasteiger partial charge in [0.25, 0.3) is 5.91 Å². The number of anilines is 1. The maximum Gasteiger partial charge on any atom is 0.294 e. The number of amides is 1. The average Bonchev–Trinajstić information content (AvgIpc) is 3.35. The van der Waals surface area contributed by atoms with Crippen LogP contribution in [0.1, 0.15) is 48.5 Å². The quantitative estimate of drug-likeness (QED) is 0.637. The predicted octanol–water partition coefficient (Wildman–Crippen LogP) is 4.76. The summed E-state index contributed by atoms with van der Waals surface area (Å²) in [6.45, 7) is 6.32. The van der Waals surface area contributed by atoms with Crippen molar-refractivity contribution in [2.24, 2.45) is 0 Å². The highest BCUT2D eigenvalue weighted by molar-refractivity contribution is 6.20. The van der Waals surface area contributed by atoms with Crippen molar-refractivity contribution in [2.45, 2.75) is 32.2 Å². The fraction of sp³-hybridized carbons (Fsp3) is 0.208. The summed E-state index contributed by atoms with van der Waals surface area (Å²) < 4.78 is 5.23. The van der Waals surface area contributed by atoms with Gasteiger partial charge in [-0.1, -0.05) is 32.9 Å². The molecule has 4 rings (SSSR count). The largest absolute Gasteiger partial charge is 0.503 e. The second kappa shape index (κ2) is 7.30. The van der Waals surface area contributed by atoms with Gasteiger partial charge < -0.3 is 9.52 Å². The minimum absolute atomic E-state index is 0.0129. The van der Waals surface area contributed by atoms with Crippen LogP contribution >= 0.6 is 0 Å². The van der Waals surface area contributed by atoms with E-state index in [-0.39, 0.29) is 16.7 Å². The van der Waals surface area contributed by atoms with Crippen LogP contribution in [0.5, 0.6) is 0 Å². The Kier molecular flexibility index (Phi) is 4.78. The van der Waals surface area contributed by atoms with E-state index in [1.807, 2.05) is 24.3 Å². The number of benzene rings is 1. The topological polar surface area (TPSA) is 83.6 Å². The van der Waals surface area contributed by atoms with Crippen LogP contribution in [0, 0.1) is 0 Å². The average molecular weight is 402 g/mol. The van der Waals surface area contributed by atoms with Crippen molar-refractivity contribution in [1.82, 2.24) is 4.98 Å². The molecule has 6 heteroatoms. The van der Waals surface area contributed by atoms with Gasteiger partial charge in [0.1, 0.15) is 0 Å². The van der Waals surface area contributed by atoms with Gasteiger partial charge in [0.05, 0.1) is 17.9 Å². The number of furan rings is 1. The minimum atomic E-state index is -0.793. The smallest absolute Gasteiger partial charge is 0.294 e. The van der Waals surface area contributed by atoms with E-state index in [4.69, 9.17) is 4.42 Å². The lowest BCUT2D eigenvalue weighted by Gasteiger charge is -2.27. The molecule has 1 amide bonds. The Labute approximate surface area is 174 Å². The summed E-state index contributed by atoms with van der Waals surface area (Å²) in [6, 6.07) is 13.3. The Balaban J connectivity index is 1.83. The van der Waals surface area contributed by atoms with Gasteiger partial charge in [0.2, 0.25) is 5.78 Å². The van der Waals surface area contributed by atoms with Crippen molar-refractivity contribution >= 4 is 17.4 Å². The predicted molar refractivity (Wildman–Crippen MR) is 112 cm³/mol. The molecule has 1 aliphatic rings. The van der Waals surface area contributed by atoms with Crippen LogP contribution in [0.3, 0.4) is 0 Å². The Morgan fingerprint density at radius 3 is 2.30 bits per heavy atom. The molecule has 1 unspecified atom stereocenters.